The lowest BCUT2D eigenvalue weighted by Crippen LogP contribution is -2.28. The molecule has 0 saturated carbocycles. The molecule has 0 saturated heterocycles. The molecule has 2 atom stereocenters. The molecule has 166 valence electrons. The lowest BCUT2D eigenvalue weighted by atomic mass is 9.86. The van der Waals surface area contributed by atoms with Crippen molar-refractivity contribution in [3.63, 3.8) is 0 Å². The second-order valence-corrected chi connectivity index (χ2v) is 8.39. The zero-order chi connectivity index (χ0) is 23.0. The van der Waals surface area contributed by atoms with Crippen LogP contribution in [0.3, 0.4) is 0 Å². The highest BCUT2D eigenvalue weighted by Gasteiger charge is 2.41. The fraction of sp³-hybridized carbons (Fsp3) is 0.364. The first-order valence-electron chi connectivity index (χ1n) is 9.62. The van der Waals surface area contributed by atoms with Crippen LogP contribution in [0, 0.1) is 17.0 Å². The van der Waals surface area contributed by atoms with Crippen LogP contribution in [0.25, 0.3) is 11.6 Å². The van der Waals surface area contributed by atoms with Crippen molar-refractivity contribution in [3.8, 4) is 11.6 Å². The van der Waals surface area contributed by atoms with Crippen molar-refractivity contribution in [1.82, 2.24) is 9.97 Å². The van der Waals surface area contributed by atoms with E-state index in [1.54, 1.807) is 0 Å². The molecule has 0 radical (unpaired) electrons. The highest BCUT2D eigenvalue weighted by Crippen LogP contribution is 2.42. The van der Waals surface area contributed by atoms with Gasteiger partial charge in [-0.15, -0.1) is 6.58 Å². The number of rotatable bonds is 7. The molecule has 31 heavy (non-hydrogen) atoms. The third-order valence-electron chi connectivity index (χ3n) is 4.91. The van der Waals surface area contributed by atoms with Gasteiger partial charge in [0.05, 0.1) is 12.6 Å². The van der Waals surface area contributed by atoms with Crippen molar-refractivity contribution in [2.45, 2.75) is 45.4 Å². The van der Waals surface area contributed by atoms with Crippen LogP contribution in [-0.4, -0.2) is 20.2 Å². The zero-order valence-corrected chi connectivity index (χ0v) is 17.5. The van der Waals surface area contributed by atoms with E-state index in [1.807, 2.05) is 20.8 Å². The molecular formula is C22H25F2N3O4. The molecule has 1 unspecified atom stereocenters. The Morgan fingerprint density at radius 2 is 1.84 bits per heavy atom. The molecule has 2 heterocycles. The summed E-state index contributed by atoms with van der Waals surface area (Å²) in [6, 6.07) is 2.01. The molecule has 2 aromatic heterocycles. The van der Waals surface area contributed by atoms with Gasteiger partial charge in [-0.05, 0) is 23.1 Å². The van der Waals surface area contributed by atoms with E-state index in [2.05, 4.69) is 16.5 Å². The second-order valence-electron chi connectivity index (χ2n) is 8.39. The molecular weight excluding hydrogens is 408 g/mol. The second kappa shape index (κ2) is 8.33. The van der Waals surface area contributed by atoms with Gasteiger partial charge in [-0.25, -0.2) is 18.7 Å². The van der Waals surface area contributed by atoms with Crippen LogP contribution in [0.5, 0.6) is 0 Å². The first kappa shape index (κ1) is 22.8. The number of aromatic nitrogens is 2. The molecule has 3 rings (SSSR count). The molecule has 0 aliphatic rings. The lowest BCUT2D eigenvalue weighted by molar-refractivity contribution is 0.0568. The van der Waals surface area contributed by atoms with Crippen LogP contribution in [-0.2, 0) is 12.2 Å². The third kappa shape index (κ3) is 4.43. The molecule has 3 aromatic rings. The Bertz CT molecular complexity index is 1070. The monoisotopic (exact) mass is 433 g/mol. The highest BCUT2D eigenvalue weighted by atomic mass is 19.1. The number of oxazole rings is 2. The molecule has 0 aliphatic heterocycles. The highest BCUT2D eigenvalue weighted by molar-refractivity contribution is 5.55. The molecule has 0 amide bonds. The van der Waals surface area contributed by atoms with Crippen molar-refractivity contribution in [3.05, 3.63) is 71.7 Å². The maximum atomic E-state index is 14.0. The van der Waals surface area contributed by atoms with Crippen LogP contribution in [0.4, 0.5) is 8.78 Å². The normalized spacial score (nSPS) is 15.0. The summed E-state index contributed by atoms with van der Waals surface area (Å²) in [5, 5.41) is 20.9. The number of aliphatic hydroxyl groups excluding tert-OH is 1. The average molecular weight is 433 g/mol. The Balaban J connectivity index is 2.28. The fourth-order valence-corrected chi connectivity index (χ4v) is 3.10. The van der Waals surface area contributed by atoms with E-state index in [9.17, 15) is 19.0 Å². The van der Waals surface area contributed by atoms with Crippen LogP contribution in [0.15, 0.2) is 46.0 Å². The van der Waals surface area contributed by atoms with E-state index >= 15 is 0 Å². The van der Waals surface area contributed by atoms with Crippen molar-refractivity contribution in [2.24, 2.45) is 11.1 Å². The van der Waals surface area contributed by atoms with E-state index in [0.717, 1.165) is 12.1 Å². The van der Waals surface area contributed by atoms with Gasteiger partial charge in [-0.1, -0.05) is 26.8 Å². The largest absolute Gasteiger partial charge is 0.443 e. The minimum Gasteiger partial charge on any atom is -0.443 e. The number of halogens is 2. The SMILES string of the molecule is C=CCC(O)(c1cc(F)cc(F)c1)c1oc([C@@H](N)C(C)(C)C)nc1-c1nc(CO)co1. The van der Waals surface area contributed by atoms with Crippen LogP contribution in [0.1, 0.15) is 56.1 Å². The first-order valence-corrected chi connectivity index (χ1v) is 9.62. The summed E-state index contributed by atoms with van der Waals surface area (Å²) in [6.07, 6.45) is 2.45. The van der Waals surface area contributed by atoms with E-state index in [-0.39, 0.29) is 47.5 Å². The Kier molecular flexibility index (Phi) is 6.13. The molecule has 0 fully saturated rings. The topological polar surface area (TPSA) is 119 Å². The zero-order valence-electron chi connectivity index (χ0n) is 17.5. The number of hydrogen-bond donors (Lipinski definition) is 3. The van der Waals surface area contributed by atoms with Gasteiger partial charge >= 0.3 is 0 Å². The lowest BCUT2D eigenvalue weighted by Gasteiger charge is -2.26. The Morgan fingerprint density at radius 3 is 2.35 bits per heavy atom. The molecule has 9 heteroatoms. The predicted octanol–water partition coefficient (Wildman–Crippen LogP) is 3.96. The Labute approximate surface area is 178 Å². The number of nitrogens with zero attached hydrogens (tertiary/aromatic N) is 2. The van der Waals surface area contributed by atoms with Crippen molar-refractivity contribution < 1.29 is 27.8 Å². The van der Waals surface area contributed by atoms with Gasteiger partial charge in [0, 0.05) is 12.5 Å². The smallest absolute Gasteiger partial charge is 0.249 e. The molecule has 4 N–H and O–H groups in total. The van der Waals surface area contributed by atoms with E-state index < -0.39 is 28.7 Å². The number of aliphatic hydroxyl groups is 2. The molecule has 0 spiro atoms. The molecule has 1 aromatic carbocycles. The molecule has 7 nitrogen and oxygen atoms in total. The maximum absolute atomic E-state index is 14.0. The van der Waals surface area contributed by atoms with E-state index in [4.69, 9.17) is 14.6 Å². The summed E-state index contributed by atoms with van der Waals surface area (Å²) in [6.45, 7) is 8.91. The van der Waals surface area contributed by atoms with Crippen molar-refractivity contribution >= 4 is 0 Å². The Hall–Kier alpha value is -2.88. The molecule has 0 aliphatic carbocycles. The summed E-state index contributed by atoms with van der Waals surface area (Å²) in [5.41, 5.74) is 3.93. The number of hydrogen-bond acceptors (Lipinski definition) is 7. The third-order valence-corrected chi connectivity index (χ3v) is 4.91. The van der Waals surface area contributed by atoms with Gasteiger partial charge in [0.1, 0.15) is 23.6 Å². The predicted molar refractivity (Wildman–Crippen MR) is 108 cm³/mol. The fourth-order valence-electron chi connectivity index (χ4n) is 3.10. The van der Waals surface area contributed by atoms with E-state index in [1.165, 1.54) is 12.3 Å². The van der Waals surface area contributed by atoms with Crippen molar-refractivity contribution in [1.29, 1.82) is 0 Å². The average Bonchev–Trinajstić information content (AvgIpc) is 3.33. The van der Waals surface area contributed by atoms with Gasteiger partial charge < -0.3 is 24.8 Å². The number of nitrogens with two attached hydrogens (primary N) is 1. The number of benzene rings is 1. The molecule has 0 bridgehead atoms. The summed E-state index contributed by atoms with van der Waals surface area (Å²) >= 11 is 0. The van der Waals surface area contributed by atoms with E-state index in [0.29, 0.717) is 6.07 Å². The maximum Gasteiger partial charge on any atom is 0.249 e. The van der Waals surface area contributed by atoms with Crippen LogP contribution >= 0.6 is 0 Å². The van der Waals surface area contributed by atoms with Gasteiger partial charge in [-0.2, -0.15) is 0 Å². The van der Waals surface area contributed by atoms with Crippen LogP contribution in [0.2, 0.25) is 0 Å². The summed E-state index contributed by atoms with van der Waals surface area (Å²) in [7, 11) is 0. The summed E-state index contributed by atoms with van der Waals surface area (Å²) in [5.74, 6) is -1.86. The first-order chi connectivity index (χ1) is 14.5. The van der Waals surface area contributed by atoms with Crippen LogP contribution < -0.4 is 5.73 Å². The van der Waals surface area contributed by atoms with Gasteiger partial charge in [0.15, 0.2) is 17.1 Å². The minimum absolute atomic E-state index is 0.00317. The van der Waals surface area contributed by atoms with Crippen molar-refractivity contribution in [2.75, 3.05) is 0 Å². The minimum atomic E-state index is -2.04. The summed E-state index contributed by atoms with van der Waals surface area (Å²) in [4.78, 5) is 8.53. The summed E-state index contributed by atoms with van der Waals surface area (Å²) < 4.78 is 39.3. The van der Waals surface area contributed by atoms with Gasteiger partial charge in [0.25, 0.3) is 0 Å². The van der Waals surface area contributed by atoms with Gasteiger partial charge in [0.2, 0.25) is 11.8 Å². The van der Waals surface area contributed by atoms with Gasteiger partial charge in [-0.3, -0.25) is 0 Å². The Morgan fingerprint density at radius 1 is 1.19 bits per heavy atom. The standard InChI is InChI=1S/C22H25F2N3O4/c1-5-6-22(29,12-7-13(23)9-14(24)8-12)18-16(19-26-15(10-28)11-30-19)27-20(31-18)17(25)21(2,3)4/h5,7-9,11,17,28-29H,1,6,10,25H2,2-4H3/t17-,22?/m1/s1. The quantitative estimate of drug-likeness (QED) is 0.483.